The summed E-state index contributed by atoms with van der Waals surface area (Å²) < 4.78 is 0. The van der Waals surface area contributed by atoms with Gasteiger partial charge in [0.1, 0.15) is 4.88 Å². The molecule has 126 valence electrons. The van der Waals surface area contributed by atoms with Gasteiger partial charge in [0, 0.05) is 18.2 Å². The number of carbonyl (C=O) groups is 2. The number of aromatic nitrogens is 1. The van der Waals surface area contributed by atoms with Gasteiger partial charge in [0.2, 0.25) is 5.91 Å². The first-order valence-electron chi connectivity index (χ1n) is 7.74. The molecule has 0 saturated heterocycles. The van der Waals surface area contributed by atoms with Crippen LogP contribution in [0.5, 0.6) is 0 Å². The summed E-state index contributed by atoms with van der Waals surface area (Å²) in [4.78, 5) is 27.5. The Morgan fingerprint density at radius 1 is 1.08 bits per heavy atom. The first-order valence-corrected chi connectivity index (χ1v) is 8.62. The van der Waals surface area contributed by atoms with Gasteiger partial charge in [-0.05, 0) is 35.6 Å². The number of aromatic carboxylic acids is 1. The van der Waals surface area contributed by atoms with Gasteiger partial charge in [-0.25, -0.2) is 4.79 Å². The summed E-state index contributed by atoms with van der Waals surface area (Å²) in [5.74, 6) is -1.23. The van der Waals surface area contributed by atoms with Crippen LogP contribution in [0.3, 0.4) is 0 Å². The number of rotatable bonds is 6. The lowest BCUT2D eigenvalue weighted by Crippen LogP contribution is -2.13. The number of hydrogen-bond donors (Lipinski definition) is 2. The van der Waals surface area contributed by atoms with E-state index in [1.54, 1.807) is 17.6 Å². The Hall–Kier alpha value is -2.99. The monoisotopic (exact) mass is 352 g/mol. The number of nitrogens with one attached hydrogen (secondary N) is 1. The smallest absolute Gasteiger partial charge is 0.348 e. The van der Waals surface area contributed by atoms with Crippen molar-refractivity contribution in [2.45, 2.75) is 12.8 Å². The Morgan fingerprint density at radius 3 is 2.56 bits per heavy atom. The minimum Gasteiger partial charge on any atom is -0.477 e. The lowest BCUT2D eigenvalue weighted by molar-refractivity contribution is -0.116. The Labute approximate surface area is 149 Å². The molecule has 0 aliphatic carbocycles. The molecule has 25 heavy (non-hydrogen) atoms. The molecular weight excluding hydrogens is 336 g/mol. The molecule has 2 N–H and O–H groups in total. The molecule has 6 heteroatoms. The summed E-state index contributed by atoms with van der Waals surface area (Å²) in [5, 5.41) is 13.4. The molecule has 0 aliphatic heterocycles. The average Bonchev–Trinajstić information content (AvgIpc) is 3.09. The summed E-state index contributed by atoms with van der Waals surface area (Å²) in [6.07, 6.45) is 2.63. The van der Waals surface area contributed by atoms with Gasteiger partial charge in [-0.2, -0.15) is 0 Å². The Bertz CT molecular complexity index is 873. The number of amides is 1. The van der Waals surface area contributed by atoms with Crippen molar-refractivity contribution >= 4 is 28.9 Å². The lowest BCUT2D eigenvalue weighted by Gasteiger charge is -2.06. The zero-order valence-corrected chi connectivity index (χ0v) is 14.1. The molecule has 0 spiro atoms. The zero-order valence-electron chi connectivity index (χ0n) is 13.3. The Morgan fingerprint density at radius 2 is 1.88 bits per heavy atom. The zero-order chi connectivity index (χ0) is 17.6. The maximum atomic E-state index is 12.0. The standard InChI is InChI=1S/C19H16N2O3S/c22-17(21-16-10-12-25-18(16)19(23)24)9-6-13-4-7-14(8-5-13)15-3-1-2-11-20-15/h1-5,7-8,10-12H,6,9H2,(H,21,22)(H,23,24). The second-order valence-electron chi connectivity index (χ2n) is 5.43. The van der Waals surface area contributed by atoms with Crippen molar-refractivity contribution in [1.82, 2.24) is 4.98 Å². The van der Waals surface area contributed by atoms with Crippen LogP contribution in [-0.2, 0) is 11.2 Å². The number of nitrogens with zero attached hydrogens (tertiary/aromatic N) is 1. The predicted molar refractivity (Wildman–Crippen MR) is 97.9 cm³/mol. The molecule has 0 bridgehead atoms. The fourth-order valence-corrected chi connectivity index (χ4v) is 3.11. The molecule has 0 unspecified atom stereocenters. The molecule has 1 aromatic carbocycles. The van der Waals surface area contributed by atoms with E-state index in [4.69, 9.17) is 5.11 Å². The van der Waals surface area contributed by atoms with Crippen molar-refractivity contribution in [2.75, 3.05) is 5.32 Å². The van der Waals surface area contributed by atoms with Crippen molar-refractivity contribution in [3.05, 3.63) is 70.5 Å². The van der Waals surface area contributed by atoms with E-state index in [0.29, 0.717) is 12.1 Å². The largest absolute Gasteiger partial charge is 0.477 e. The lowest BCUT2D eigenvalue weighted by atomic mass is 10.1. The van der Waals surface area contributed by atoms with Crippen molar-refractivity contribution in [3.8, 4) is 11.3 Å². The van der Waals surface area contributed by atoms with Gasteiger partial charge in [-0.3, -0.25) is 9.78 Å². The number of aryl methyl sites for hydroxylation is 1. The highest BCUT2D eigenvalue weighted by Gasteiger charge is 2.13. The van der Waals surface area contributed by atoms with Crippen LogP contribution in [0.15, 0.2) is 60.1 Å². The number of hydrogen-bond acceptors (Lipinski definition) is 4. The highest BCUT2D eigenvalue weighted by Crippen LogP contribution is 2.22. The normalized spacial score (nSPS) is 10.4. The first-order chi connectivity index (χ1) is 12.1. The topological polar surface area (TPSA) is 79.3 Å². The second kappa shape index (κ2) is 7.72. The molecule has 5 nitrogen and oxygen atoms in total. The molecule has 3 aromatic rings. The summed E-state index contributed by atoms with van der Waals surface area (Å²) in [6, 6.07) is 15.3. The third-order valence-corrected chi connectivity index (χ3v) is 4.59. The van der Waals surface area contributed by atoms with Gasteiger partial charge in [-0.1, -0.05) is 30.3 Å². The summed E-state index contributed by atoms with van der Waals surface area (Å²) >= 11 is 1.09. The van der Waals surface area contributed by atoms with E-state index >= 15 is 0 Å². The van der Waals surface area contributed by atoms with E-state index in [2.05, 4.69) is 10.3 Å². The van der Waals surface area contributed by atoms with Crippen LogP contribution in [0.2, 0.25) is 0 Å². The Balaban J connectivity index is 1.57. The van der Waals surface area contributed by atoms with Crippen LogP contribution in [0.1, 0.15) is 21.7 Å². The van der Waals surface area contributed by atoms with Crippen molar-refractivity contribution < 1.29 is 14.7 Å². The van der Waals surface area contributed by atoms with E-state index in [0.717, 1.165) is 28.2 Å². The van der Waals surface area contributed by atoms with E-state index in [-0.39, 0.29) is 17.2 Å². The number of anilines is 1. The summed E-state index contributed by atoms with van der Waals surface area (Å²) in [5.41, 5.74) is 3.33. The molecule has 0 fully saturated rings. The van der Waals surface area contributed by atoms with Crippen LogP contribution in [0.4, 0.5) is 5.69 Å². The highest BCUT2D eigenvalue weighted by atomic mass is 32.1. The van der Waals surface area contributed by atoms with Crippen LogP contribution >= 0.6 is 11.3 Å². The van der Waals surface area contributed by atoms with Crippen molar-refractivity contribution in [3.63, 3.8) is 0 Å². The van der Waals surface area contributed by atoms with Gasteiger partial charge in [0.25, 0.3) is 0 Å². The molecule has 0 aliphatic rings. The third-order valence-electron chi connectivity index (χ3n) is 3.69. The van der Waals surface area contributed by atoms with Crippen LogP contribution in [0, 0.1) is 0 Å². The fourth-order valence-electron chi connectivity index (χ4n) is 2.42. The van der Waals surface area contributed by atoms with Crippen LogP contribution in [0.25, 0.3) is 11.3 Å². The van der Waals surface area contributed by atoms with Gasteiger partial charge in [-0.15, -0.1) is 11.3 Å². The number of thiophene rings is 1. The molecule has 1 amide bonds. The molecule has 2 aromatic heterocycles. The van der Waals surface area contributed by atoms with Gasteiger partial charge in [0.05, 0.1) is 11.4 Å². The molecule has 0 radical (unpaired) electrons. The Kier molecular flexibility index (Phi) is 5.20. The molecule has 3 rings (SSSR count). The highest BCUT2D eigenvalue weighted by molar-refractivity contribution is 7.12. The first kappa shape index (κ1) is 16.9. The number of carboxylic acid groups (broad SMARTS) is 1. The maximum Gasteiger partial charge on any atom is 0.348 e. The number of carbonyl (C=O) groups excluding carboxylic acids is 1. The SMILES string of the molecule is O=C(CCc1ccc(-c2ccccn2)cc1)Nc1ccsc1C(=O)O. The molecule has 2 heterocycles. The van der Waals surface area contributed by atoms with E-state index in [9.17, 15) is 9.59 Å². The van der Waals surface area contributed by atoms with Crippen molar-refractivity contribution in [1.29, 1.82) is 0 Å². The van der Waals surface area contributed by atoms with Crippen molar-refractivity contribution in [2.24, 2.45) is 0 Å². The molecule has 0 saturated carbocycles. The van der Waals surface area contributed by atoms with E-state index in [1.807, 2.05) is 42.5 Å². The molecular formula is C19H16N2O3S. The predicted octanol–water partition coefficient (Wildman–Crippen LogP) is 4.08. The van der Waals surface area contributed by atoms with E-state index < -0.39 is 5.97 Å². The number of pyridine rings is 1. The quantitative estimate of drug-likeness (QED) is 0.700. The maximum absolute atomic E-state index is 12.0. The molecule has 0 atom stereocenters. The van der Waals surface area contributed by atoms with E-state index in [1.165, 1.54) is 0 Å². The van der Waals surface area contributed by atoms with Gasteiger partial charge < -0.3 is 10.4 Å². The van der Waals surface area contributed by atoms with Crippen LogP contribution < -0.4 is 5.32 Å². The van der Waals surface area contributed by atoms with Gasteiger partial charge in [0.15, 0.2) is 0 Å². The number of carboxylic acids is 1. The minimum absolute atomic E-state index is 0.146. The average molecular weight is 352 g/mol. The summed E-state index contributed by atoms with van der Waals surface area (Å²) in [6.45, 7) is 0. The summed E-state index contributed by atoms with van der Waals surface area (Å²) in [7, 11) is 0. The number of benzene rings is 1. The fraction of sp³-hybridized carbons (Fsp3) is 0.105. The van der Waals surface area contributed by atoms with Crippen LogP contribution in [-0.4, -0.2) is 22.0 Å². The minimum atomic E-state index is -1.03. The second-order valence-corrected chi connectivity index (χ2v) is 6.34. The van der Waals surface area contributed by atoms with Gasteiger partial charge >= 0.3 is 5.97 Å². The third kappa shape index (κ3) is 4.30.